The second kappa shape index (κ2) is 7.42. The summed E-state index contributed by atoms with van der Waals surface area (Å²) in [6, 6.07) is 12.5. The van der Waals surface area contributed by atoms with E-state index in [4.69, 9.17) is 21.3 Å². The molecule has 132 valence electrons. The maximum absolute atomic E-state index is 6.52. The molecule has 25 heavy (non-hydrogen) atoms. The summed E-state index contributed by atoms with van der Waals surface area (Å²) in [5, 5.41) is 6.01. The van der Waals surface area contributed by atoms with Crippen LogP contribution in [0.2, 0.25) is 5.02 Å². The fourth-order valence-electron chi connectivity index (χ4n) is 3.13. The lowest BCUT2D eigenvalue weighted by Gasteiger charge is -2.29. The number of rotatable bonds is 6. The number of benzene rings is 1. The number of aromatic nitrogens is 3. The molecule has 3 aromatic rings. The molecule has 0 aliphatic heterocycles. The molecule has 6 heteroatoms. The number of fused-ring (bicyclic) bond motifs is 1. The normalized spacial score (nSPS) is 12.5. The summed E-state index contributed by atoms with van der Waals surface area (Å²) in [6.07, 6.45) is 0.868. The fourth-order valence-corrected chi connectivity index (χ4v) is 3.45. The predicted octanol–water partition coefficient (Wildman–Crippen LogP) is 3.62. The highest BCUT2D eigenvalue weighted by molar-refractivity contribution is 6.35. The Balaban J connectivity index is 1.95. The molecule has 0 spiro atoms. The number of aryl methyl sites for hydroxylation is 2. The lowest BCUT2D eigenvalue weighted by atomic mass is 10.1. The van der Waals surface area contributed by atoms with Gasteiger partial charge in [-0.3, -0.25) is 4.68 Å². The molecular formula is C19H23ClN4O. The molecule has 0 amide bonds. The molecule has 2 heterocycles. The van der Waals surface area contributed by atoms with Crippen molar-refractivity contribution >= 4 is 28.5 Å². The summed E-state index contributed by atoms with van der Waals surface area (Å²) in [4.78, 5) is 6.92. The van der Waals surface area contributed by atoms with Crippen LogP contribution in [0.4, 0.5) is 5.82 Å². The predicted molar refractivity (Wildman–Crippen MR) is 102 cm³/mol. The minimum absolute atomic E-state index is 0.155. The van der Waals surface area contributed by atoms with E-state index >= 15 is 0 Å². The minimum atomic E-state index is 0.155. The lowest BCUT2D eigenvalue weighted by Crippen LogP contribution is -2.37. The molecular weight excluding hydrogens is 336 g/mol. The van der Waals surface area contributed by atoms with Crippen LogP contribution in [0.3, 0.4) is 0 Å². The van der Waals surface area contributed by atoms with E-state index in [-0.39, 0.29) is 6.04 Å². The summed E-state index contributed by atoms with van der Waals surface area (Å²) in [6.45, 7) is 2.55. The highest BCUT2D eigenvalue weighted by Gasteiger charge is 2.20. The van der Waals surface area contributed by atoms with E-state index in [2.05, 4.69) is 34.3 Å². The van der Waals surface area contributed by atoms with Gasteiger partial charge in [0.1, 0.15) is 5.82 Å². The first-order valence-electron chi connectivity index (χ1n) is 8.26. The largest absolute Gasteiger partial charge is 0.383 e. The van der Waals surface area contributed by atoms with Crippen molar-refractivity contribution in [3.05, 3.63) is 52.7 Å². The van der Waals surface area contributed by atoms with E-state index in [9.17, 15) is 0 Å². The molecule has 0 radical (unpaired) electrons. The SMILES string of the molecule is COCC(Cc1ccccc1)N(C)c1cc(Cl)c2c(C)nn(C)c2n1. The Morgan fingerprint density at radius 1 is 1.28 bits per heavy atom. The summed E-state index contributed by atoms with van der Waals surface area (Å²) in [5.41, 5.74) is 2.95. The van der Waals surface area contributed by atoms with Gasteiger partial charge in [-0.15, -0.1) is 0 Å². The maximum atomic E-state index is 6.52. The third-order valence-corrected chi connectivity index (χ3v) is 4.79. The first-order chi connectivity index (χ1) is 12.0. The zero-order valence-corrected chi connectivity index (χ0v) is 15.8. The van der Waals surface area contributed by atoms with E-state index in [1.54, 1.807) is 11.8 Å². The zero-order chi connectivity index (χ0) is 18.0. The Labute approximate surface area is 153 Å². The number of methoxy groups -OCH3 is 1. The summed E-state index contributed by atoms with van der Waals surface area (Å²) in [7, 11) is 5.64. The van der Waals surface area contributed by atoms with Crippen LogP contribution in [0, 0.1) is 6.92 Å². The fraction of sp³-hybridized carbons (Fsp3) is 0.368. The van der Waals surface area contributed by atoms with Crippen LogP contribution in [0.1, 0.15) is 11.3 Å². The van der Waals surface area contributed by atoms with Crippen LogP contribution in [0.15, 0.2) is 36.4 Å². The van der Waals surface area contributed by atoms with Crippen LogP contribution in [0.5, 0.6) is 0 Å². The van der Waals surface area contributed by atoms with E-state index in [1.807, 2.05) is 33.2 Å². The highest BCUT2D eigenvalue weighted by Crippen LogP contribution is 2.29. The van der Waals surface area contributed by atoms with Gasteiger partial charge in [0, 0.05) is 27.3 Å². The van der Waals surface area contributed by atoms with Gasteiger partial charge in [-0.2, -0.15) is 5.10 Å². The van der Waals surface area contributed by atoms with Gasteiger partial charge in [0.15, 0.2) is 5.65 Å². The van der Waals surface area contributed by atoms with Crippen molar-refractivity contribution in [3.63, 3.8) is 0 Å². The average molecular weight is 359 g/mol. The molecule has 0 saturated heterocycles. The molecule has 0 fully saturated rings. The van der Waals surface area contributed by atoms with Gasteiger partial charge in [0.25, 0.3) is 0 Å². The van der Waals surface area contributed by atoms with Crippen molar-refractivity contribution in [2.24, 2.45) is 7.05 Å². The molecule has 3 rings (SSSR count). The average Bonchev–Trinajstić information content (AvgIpc) is 2.89. The molecule has 2 aromatic heterocycles. The lowest BCUT2D eigenvalue weighted by molar-refractivity contribution is 0.177. The highest BCUT2D eigenvalue weighted by atomic mass is 35.5. The Morgan fingerprint density at radius 2 is 2.00 bits per heavy atom. The van der Waals surface area contributed by atoms with E-state index in [0.717, 1.165) is 29.0 Å². The van der Waals surface area contributed by atoms with Crippen molar-refractivity contribution in [1.82, 2.24) is 14.8 Å². The van der Waals surface area contributed by atoms with Gasteiger partial charge < -0.3 is 9.64 Å². The van der Waals surface area contributed by atoms with Crippen molar-refractivity contribution in [2.75, 3.05) is 25.7 Å². The standard InChI is InChI=1S/C19H23ClN4O/c1-13-18-16(20)11-17(21-19(18)24(3)22-13)23(2)15(12-25-4)10-14-8-6-5-7-9-14/h5-9,11,15H,10,12H2,1-4H3. The number of pyridine rings is 1. The zero-order valence-electron chi connectivity index (χ0n) is 15.0. The summed E-state index contributed by atoms with van der Waals surface area (Å²) in [5.74, 6) is 0.818. The monoisotopic (exact) mass is 358 g/mol. The summed E-state index contributed by atoms with van der Waals surface area (Å²) < 4.78 is 7.22. The van der Waals surface area contributed by atoms with Crippen LogP contribution in [-0.2, 0) is 18.2 Å². The molecule has 0 saturated carbocycles. The van der Waals surface area contributed by atoms with Gasteiger partial charge in [-0.05, 0) is 18.9 Å². The number of ether oxygens (including phenoxy) is 1. The van der Waals surface area contributed by atoms with Gasteiger partial charge in [-0.25, -0.2) is 4.98 Å². The Morgan fingerprint density at radius 3 is 2.68 bits per heavy atom. The maximum Gasteiger partial charge on any atom is 0.161 e. The molecule has 0 aliphatic rings. The van der Waals surface area contributed by atoms with Crippen LogP contribution >= 0.6 is 11.6 Å². The number of nitrogens with zero attached hydrogens (tertiary/aromatic N) is 4. The van der Waals surface area contributed by atoms with Gasteiger partial charge >= 0.3 is 0 Å². The molecule has 1 unspecified atom stereocenters. The number of likely N-dealkylation sites (N-methyl/N-ethyl adjacent to an activating group) is 1. The van der Waals surface area contributed by atoms with E-state index in [1.165, 1.54) is 5.56 Å². The number of anilines is 1. The van der Waals surface area contributed by atoms with E-state index in [0.29, 0.717) is 11.6 Å². The van der Waals surface area contributed by atoms with E-state index < -0.39 is 0 Å². The van der Waals surface area contributed by atoms with Crippen LogP contribution in [0.25, 0.3) is 11.0 Å². The summed E-state index contributed by atoms with van der Waals surface area (Å²) >= 11 is 6.52. The van der Waals surface area contributed by atoms with Crippen molar-refractivity contribution in [3.8, 4) is 0 Å². The molecule has 0 N–H and O–H groups in total. The Kier molecular flexibility index (Phi) is 5.25. The smallest absolute Gasteiger partial charge is 0.161 e. The second-order valence-corrected chi connectivity index (χ2v) is 6.69. The van der Waals surface area contributed by atoms with Gasteiger partial charge in [0.05, 0.1) is 28.8 Å². The van der Waals surface area contributed by atoms with Crippen LogP contribution < -0.4 is 4.90 Å². The van der Waals surface area contributed by atoms with Crippen LogP contribution in [-0.4, -0.2) is 41.6 Å². The molecule has 5 nitrogen and oxygen atoms in total. The Hall–Kier alpha value is -2.11. The van der Waals surface area contributed by atoms with Crippen molar-refractivity contribution in [2.45, 2.75) is 19.4 Å². The Bertz CT molecular complexity index is 863. The topological polar surface area (TPSA) is 43.2 Å². The molecule has 1 aromatic carbocycles. The van der Waals surface area contributed by atoms with Gasteiger partial charge in [-0.1, -0.05) is 41.9 Å². The van der Waals surface area contributed by atoms with Gasteiger partial charge in [0.2, 0.25) is 0 Å². The quantitative estimate of drug-likeness (QED) is 0.675. The number of halogens is 1. The third kappa shape index (κ3) is 3.62. The minimum Gasteiger partial charge on any atom is -0.383 e. The van der Waals surface area contributed by atoms with Crippen molar-refractivity contribution < 1.29 is 4.74 Å². The first kappa shape index (κ1) is 17.7. The molecule has 1 atom stereocenters. The molecule has 0 bridgehead atoms. The number of hydrogen-bond donors (Lipinski definition) is 0. The van der Waals surface area contributed by atoms with Crippen molar-refractivity contribution in [1.29, 1.82) is 0 Å². The first-order valence-corrected chi connectivity index (χ1v) is 8.64. The number of hydrogen-bond acceptors (Lipinski definition) is 4. The molecule has 0 aliphatic carbocycles. The second-order valence-electron chi connectivity index (χ2n) is 6.28. The third-order valence-electron chi connectivity index (χ3n) is 4.49.